The third-order valence-corrected chi connectivity index (χ3v) is 3.33. The van der Waals surface area contributed by atoms with Crippen molar-refractivity contribution in [3.8, 4) is 5.75 Å². The number of phenolic OH excluding ortho intramolecular Hbond substituents is 1. The van der Waals surface area contributed by atoms with E-state index in [-0.39, 0.29) is 17.4 Å². The molecule has 0 saturated carbocycles. The summed E-state index contributed by atoms with van der Waals surface area (Å²) in [6, 6.07) is 3.77. The Hall–Kier alpha value is -1.62. The number of nitrogens with one attached hydrogen (secondary N) is 1. The predicted molar refractivity (Wildman–Crippen MR) is 70.7 cm³/mol. The molecule has 2 N–H and O–H groups in total. The van der Waals surface area contributed by atoms with E-state index in [2.05, 4.69) is 10.2 Å². The maximum absolute atomic E-state index is 13.5. The Labute approximate surface area is 112 Å². The Bertz CT molecular complexity index is 439. The van der Waals surface area contributed by atoms with Gasteiger partial charge >= 0.3 is 0 Å². The third-order valence-electron chi connectivity index (χ3n) is 3.33. The number of rotatable bonds is 4. The van der Waals surface area contributed by atoms with Crippen LogP contribution >= 0.6 is 0 Å². The van der Waals surface area contributed by atoms with Gasteiger partial charge in [-0.05, 0) is 45.0 Å². The largest absolute Gasteiger partial charge is 0.507 e. The summed E-state index contributed by atoms with van der Waals surface area (Å²) in [5, 5.41) is 12.3. The van der Waals surface area contributed by atoms with Gasteiger partial charge in [0.25, 0.3) is 5.91 Å². The van der Waals surface area contributed by atoms with Crippen LogP contribution in [0.25, 0.3) is 0 Å². The molecule has 0 spiro atoms. The molecule has 1 unspecified atom stereocenters. The van der Waals surface area contributed by atoms with Crippen molar-refractivity contribution in [2.24, 2.45) is 0 Å². The summed E-state index contributed by atoms with van der Waals surface area (Å²) in [7, 11) is 0. The number of benzene rings is 1. The molecule has 2 rings (SSSR count). The predicted octanol–water partition coefficient (Wildman–Crippen LogP) is 1.75. The van der Waals surface area contributed by atoms with Crippen molar-refractivity contribution in [3.05, 3.63) is 29.6 Å². The summed E-state index contributed by atoms with van der Waals surface area (Å²) in [4.78, 5) is 14.2. The Kier molecular flexibility index (Phi) is 4.37. The second-order valence-corrected chi connectivity index (χ2v) is 5.02. The zero-order chi connectivity index (χ0) is 13.8. The van der Waals surface area contributed by atoms with Crippen LogP contribution in [-0.2, 0) is 0 Å². The number of carbonyl (C=O) groups is 1. The highest BCUT2D eigenvalue weighted by molar-refractivity contribution is 5.97. The van der Waals surface area contributed by atoms with Crippen molar-refractivity contribution < 1.29 is 14.3 Å². The molecule has 1 aliphatic rings. The van der Waals surface area contributed by atoms with E-state index in [1.165, 1.54) is 31.0 Å². The van der Waals surface area contributed by atoms with E-state index < -0.39 is 11.7 Å². The molecular formula is C14H19FN2O2. The fourth-order valence-electron chi connectivity index (χ4n) is 2.43. The van der Waals surface area contributed by atoms with Crippen LogP contribution in [0.2, 0.25) is 0 Å². The summed E-state index contributed by atoms with van der Waals surface area (Å²) in [5.41, 5.74) is -0.282. The van der Waals surface area contributed by atoms with E-state index in [1.807, 2.05) is 6.92 Å². The molecule has 1 saturated heterocycles. The topological polar surface area (TPSA) is 52.6 Å². The van der Waals surface area contributed by atoms with Crippen molar-refractivity contribution in [3.63, 3.8) is 0 Å². The fraction of sp³-hybridized carbons (Fsp3) is 0.500. The number of amides is 1. The minimum Gasteiger partial charge on any atom is -0.507 e. The smallest absolute Gasteiger partial charge is 0.258 e. The van der Waals surface area contributed by atoms with Crippen molar-refractivity contribution in [2.75, 3.05) is 19.6 Å². The standard InChI is InChI=1S/C14H19FN2O2/c1-10(9-17-7-2-3-8-17)16-14(19)13-11(15)5-4-6-12(13)18/h4-6,10,18H,2-3,7-9H2,1H3,(H,16,19). The lowest BCUT2D eigenvalue weighted by atomic mass is 10.1. The van der Waals surface area contributed by atoms with Gasteiger partial charge in [-0.25, -0.2) is 4.39 Å². The monoisotopic (exact) mass is 266 g/mol. The van der Waals surface area contributed by atoms with E-state index in [0.29, 0.717) is 0 Å². The molecule has 1 aromatic carbocycles. The molecular weight excluding hydrogens is 247 g/mol. The van der Waals surface area contributed by atoms with Crippen LogP contribution in [0.3, 0.4) is 0 Å². The Morgan fingerprint density at radius 1 is 1.47 bits per heavy atom. The van der Waals surface area contributed by atoms with Crippen LogP contribution in [-0.4, -0.2) is 41.6 Å². The molecule has 19 heavy (non-hydrogen) atoms. The third kappa shape index (κ3) is 3.44. The highest BCUT2D eigenvalue weighted by Gasteiger charge is 2.20. The maximum atomic E-state index is 13.5. The van der Waals surface area contributed by atoms with Gasteiger partial charge in [0.05, 0.1) is 0 Å². The van der Waals surface area contributed by atoms with Crippen LogP contribution < -0.4 is 5.32 Å². The molecule has 1 amide bonds. The first-order valence-electron chi connectivity index (χ1n) is 6.58. The SMILES string of the molecule is CC(CN1CCCC1)NC(=O)c1c(O)cccc1F. The Balaban J connectivity index is 1.96. The van der Waals surface area contributed by atoms with Gasteiger partial charge in [-0.15, -0.1) is 0 Å². The highest BCUT2D eigenvalue weighted by atomic mass is 19.1. The quantitative estimate of drug-likeness (QED) is 0.873. The van der Waals surface area contributed by atoms with Gasteiger partial charge in [-0.1, -0.05) is 6.07 Å². The van der Waals surface area contributed by atoms with E-state index in [1.54, 1.807) is 0 Å². The van der Waals surface area contributed by atoms with Crippen molar-refractivity contribution in [1.82, 2.24) is 10.2 Å². The lowest BCUT2D eigenvalue weighted by Crippen LogP contribution is -2.41. The van der Waals surface area contributed by atoms with Gasteiger partial charge in [-0.2, -0.15) is 0 Å². The summed E-state index contributed by atoms with van der Waals surface area (Å²) < 4.78 is 13.5. The number of halogens is 1. The summed E-state index contributed by atoms with van der Waals surface area (Å²) in [6.07, 6.45) is 2.38. The molecule has 1 aliphatic heterocycles. The van der Waals surface area contributed by atoms with Gasteiger partial charge in [0.1, 0.15) is 17.1 Å². The first kappa shape index (κ1) is 13.8. The molecule has 1 heterocycles. The minimum absolute atomic E-state index is 0.0791. The second-order valence-electron chi connectivity index (χ2n) is 5.02. The molecule has 1 aromatic rings. The Morgan fingerprint density at radius 3 is 2.79 bits per heavy atom. The van der Waals surface area contributed by atoms with Crippen molar-refractivity contribution in [2.45, 2.75) is 25.8 Å². The zero-order valence-corrected chi connectivity index (χ0v) is 11.0. The molecule has 5 heteroatoms. The zero-order valence-electron chi connectivity index (χ0n) is 11.0. The molecule has 1 fully saturated rings. The average Bonchev–Trinajstić information content (AvgIpc) is 2.81. The van der Waals surface area contributed by atoms with Crippen LogP contribution in [0.4, 0.5) is 4.39 Å². The van der Waals surface area contributed by atoms with Crippen molar-refractivity contribution >= 4 is 5.91 Å². The molecule has 0 bridgehead atoms. The number of likely N-dealkylation sites (tertiary alicyclic amines) is 1. The van der Waals surface area contributed by atoms with E-state index in [9.17, 15) is 14.3 Å². The molecule has 0 aromatic heterocycles. The number of hydrogen-bond acceptors (Lipinski definition) is 3. The molecule has 0 radical (unpaired) electrons. The molecule has 104 valence electrons. The molecule has 4 nitrogen and oxygen atoms in total. The number of carbonyl (C=O) groups excluding carboxylic acids is 1. The summed E-state index contributed by atoms with van der Waals surface area (Å²) in [5.74, 6) is -1.60. The van der Waals surface area contributed by atoms with Gasteiger partial charge in [0, 0.05) is 12.6 Å². The fourth-order valence-corrected chi connectivity index (χ4v) is 2.43. The number of phenols is 1. The van der Waals surface area contributed by atoms with Crippen molar-refractivity contribution in [1.29, 1.82) is 0 Å². The van der Waals surface area contributed by atoms with E-state index >= 15 is 0 Å². The second kappa shape index (κ2) is 6.02. The van der Waals surface area contributed by atoms with E-state index in [0.717, 1.165) is 19.6 Å². The number of aromatic hydroxyl groups is 1. The van der Waals surface area contributed by atoms with Crippen LogP contribution in [0.5, 0.6) is 5.75 Å². The lowest BCUT2D eigenvalue weighted by Gasteiger charge is -2.21. The Morgan fingerprint density at radius 2 is 2.16 bits per heavy atom. The lowest BCUT2D eigenvalue weighted by molar-refractivity contribution is 0.0925. The van der Waals surface area contributed by atoms with E-state index in [4.69, 9.17) is 0 Å². The van der Waals surface area contributed by atoms with Gasteiger partial charge < -0.3 is 15.3 Å². The molecule has 0 aliphatic carbocycles. The van der Waals surface area contributed by atoms with Gasteiger partial charge in [0.15, 0.2) is 0 Å². The normalized spacial score (nSPS) is 17.4. The van der Waals surface area contributed by atoms with Gasteiger partial charge in [0.2, 0.25) is 0 Å². The highest BCUT2D eigenvalue weighted by Crippen LogP contribution is 2.19. The first-order valence-corrected chi connectivity index (χ1v) is 6.58. The minimum atomic E-state index is -0.703. The van der Waals surface area contributed by atoms with Crippen LogP contribution in [0, 0.1) is 5.82 Å². The number of nitrogens with zero attached hydrogens (tertiary/aromatic N) is 1. The first-order chi connectivity index (χ1) is 9.08. The molecule has 1 atom stereocenters. The van der Waals surface area contributed by atoms with Crippen LogP contribution in [0.1, 0.15) is 30.1 Å². The number of hydrogen-bond donors (Lipinski definition) is 2. The summed E-state index contributed by atoms with van der Waals surface area (Å²) >= 11 is 0. The maximum Gasteiger partial charge on any atom is 0.258 e. The summed E-state index contributed by atoms with van der Waals surface area (Å²) in [6.45, 7) is 4.73. The average molecular weight is 266 g/mol. The van der Waals surface area contributed by atoms with Gasteiger partial charge in [-0.3, -0.25) is 4.79 Å². The van der Waals surface area contributed by atoms with Crippen LogP contribution in [0.15, 0.2) is 18.2 Å².